The van der Waals surface area contributed by atoms with Crippen LogP contribution in [-0.2, 0) is 6.61 Å². The number of halogens is 1. The standard InChI is InChI=1S/C13H15FN2O2/c1-8(2)13-15-12(18-16-13)7-17-11-6-10(14)5-4-9(11)3/h4-6,8H,7H2,1-3H3. The van der Waals surface area contributed by atoms with Crippen LogP contribution in [0.25, 0.3) is 0 Å². The van der Waals surface area contributed by atoms with Crippen molar-refractivity contribution in [3.63, 3.8) is 0 Å². The maximum absolute atomic E-state index is 13.1. The zero-order valence-electron chi connectivity index (χ0n) is 10.6. The number of hydrogen-bond acceptors (Lipinski definition) is 4. The summed E-state index contributed by atoms with van der Waals surface area (Å²) < 4.78 is 23.5. The molecule has 0 saturated carbocycles. The van der Waals surface area contributed by atoms with Gasteiger partial charge in [0.15, 0.2) is 12.4 Å². The first-order chi connectivity index (χ1) is 8.56. The van der Waals surface area contributed by atoms with Crippen LogP contribution in [0.2, 0.25) is 0 Å². The second-order valence-corrected chi connectivity index (χ2v) is 4.40. The van der Waals surface area contributed by atoms with E-state index in [1.165, 1.54) is 12.1 Å². The maximum Gasteiger partial charge on any atom is 0.264 e. The molecular weight excluding hydrogens is 235 g/mol. The summed E-state index contributed by atoms with van der Waals surface area (Å²) in [5.74, 6) is 1.40. The lowest BCUT2D eigenvalue weighted by Crippen LogP contribution is -1.98. The summed E-state index contributed by atoms with van der Waals surface area (Å²) in [7, 11) is 0. The average molecular weight is 250 g/mol. The van der Waals surface area contributed by atoms with Crippen molar-refractivity contribution in [2.75, 3.05) is 0 Å². The fraction of sp³-hybridized carbons (Fsp3) is 0.385. The molecule has 2 rings (SSSR count). The highest BCUT2D eigenvalue weighted by molar-refractivity contribution is 5.32. The molecule has 0 radical (unpaired) electrons. The zero-order valence-corrected chi connectivity index (χ0v) is 10.6. The van der Waals surface area contributed by atoms with Gasteiger partial charge in [-0.25, -0.2) is 4.39 Å². The Hall–Kier alpha value is -1.91. The van der Waals surface area contributed by atoms with Gasteiger partial charge < -0.3 is 9.26 Å². The topological polar surface area (TPSA) is 48.2 Å². The number of aryl methyl sites for hydroxylation is 1. The predicted octanol–water partition coefficient (Wildman–Crippen LogP) is 3.22. The monoisotopic (exact) mass is 250 g/mol. The smallest absolute Gasteiger partial charge is 0.264 e. The Kier molecular flexibility index (Phi) is 3.60. The minimum atomic E-state index is -0.330. The van der Waals surface area contributed by atoms with E-state index in [1.54, 1.807) is 6.07 Å². The molecule has 0 amide bonds. The lowest BCUT2D eigenvalue weighted by molar-refractivity contribution is 0.240. The first-order valence-corrected chi connectivity index (χ1v) is 5.77. The highest BCUT2D eigenvalue weighted by atomic mass is 19.1. The van der Waals surface area contributed by atoms with Crippen LogP contribution in [0.5, 0.6) is 5.75 Å². The molecule has 4 nitrogen and oxygen atoms in total. The van der Waals surface area contributed by atoms with Crippen molar-refractivity contribution in [3.8, 4) is 5.75 Å². The first kappa shape index (κ1) is 12.5. The zero-order chi connectivity index (χ0) is 13.1. The van der Waals surface area contributed by atoms with Crippen LogP contribution in [0.1, 0.15) is 37.0 Å². The van der Waals surface area contributed by atoms with Gasteiger partial charge in [0.1, 0.15) is 11.6 Å². The molecule has 0 unspecified atom stereocenters. The van der Waals surface area contributed by atoms with Crippen LogP contribution < -0.4 is 4.74 Å². The van der Waals surface area contributed by atoms with Gasteiger partial charge in [-0.2, -0.15) is 4.98 Å². The number of aromatic nitrogens is 2. The third kappa shape index (κ3) is 2.85. The van der Waals surface area contributed by atoms with Crippen molar-refractivity contribution >= 4 is 0 Å². The SMILES string of the molecule is Cc1ccc(F)cc1OCc1nc(C(C)C)no1. The van der Waals surface area contributed by atoms with Crippen molar-refractivity contribution in [2.24, 2.45) is 0 Å². The first-order valence-electron chi connectivity index (χ1n) is 5.77. The molecule has 96 valence electrons. The molecule has 0 saturated heterocycles. The molecule has 0 aliphatic rings. The van der Waals surface area contributed by atoms with Gasteiger partial charge in [0.25, 0.3) is 5.89 Å². The van der Waals surface area contributed by atoms with Crippen LogP contribution in [0.3, 0.4) is 0 Å². The molecule has 18 heavy (non-hydrogen) atoms. The minimum Gasteiger partial charge on any atom is -0.483 e. The van der Waals surface area contributed by atoms with Crippen LogP contribution in [0.4, 0.5) is 4.39 Å². The Morgan fingerprint density at radius 1 is 1.39 bits per heavy atom. The molecule has 2 aromatic rings. The van der Waals surface area contributed by atoms with Gasteiger partial charge in [0.05, 0.1) is 0 Å². The number of rotatable bonds is 4. The molecule has 5 heteroatoms. The molecule has 0 aliphatic carbocycles. The van der Waals surface area contributed by atoms with E-state index in [1.807, 2.05) is 20.8 Å². The maximum atomic E-state index is 13.1. The lowest BCUT2D eigenvalue weighted by atomic mass is 10.2. The van der Waals surface area contributed by atoms with Gasteiger partial charge in [-0.05, 0) is 18.6 Å². The second-order valence-electron chi connectivity index (χ2n) is 4.40. The van der Waals surface area contributed by atoms with Crippen molar-refractivity contribution in [1.82, 2.24) is 10.1 Å². The Morgan fingerprint density at radius 3 is 2.83 bits per heavy atom. The molecule has 0 fully saturated rings. The second kappa shape index (κ2) is 5.16. The van der Waals surface area contributed by atoms with Crippen molar-refractivity contribution in [1.29, 1.82) is 0 Å². The van der Waals surface area contributed by atoms with Crippen LogP contribution in [-0.4, -0.2) is 10.1 Å². The van der Waals surface area contributed by atoms with Gasteiger partial charge in [-0.15, -0.1) is 0 Å². The average Bonchev–Trinajstić information content (AvgIpc) is 2.79. The normalized spacial score (nSPS) is 10.9. The molecule has 0 atom stereocenters. The third-order valence-corrected chi connectivity index (χ3v) is 2.50. The summed E-state index contributed by atoms with van der Waals surface area (Å²) in [6, 6.07) is 4.40. The van der Waals surface area contributed by atoms with E-state index in [-0.39, 0.29) is 18.3 Å². The van der Waals surface area contributed by atoms with Crippen LogP contribution >= 0.6 is 0 Å². The number of nitrogens with zero attached hydrogens (tertiary/aromatic N) is 2. The lowest BCUT2D eigenvalue weighted by Gasteiger charge is -2.06. The van der Waals surface area contributed by atoms with Crippen molar-refractivity contribution < 1.29 is 13.7 Å². The summed E-state index contributed by atoms with van der Waals surface area (Å²) in [4.78, 5) is 4.18. The summed E-state index contributed by atoms with van der Waals surface area (Å²) in [6.45, 7) is 5.95. The fourth-order valence-electron chi connectivity index (χ4n) is 1.43. The fourth-order valence-corrected chi connectivity index (χ4v) is 1.43. The molecule has 0 spiro atoms. The van der Waals surface area contributed by atoms with Gasteiger partial charge in [-0.1, -0.05) is 25.1 Å². The van der Waals surface area contributed by atoms with E-state index < -0.39 is 0 Å². The van der Waals surface area contributed by atoms with E-state index in [0.29, 0.717) is 17.5 Å². The largest absolute Gasteiger partial charge is 0.483 e. The number of ether oxygens (including phenoxy) is 1. The highest BCUT2D eigenvalue weighted by Crippen LogP contribution is 2.20. The minimum absolute atomic E-state index is 0.143. The number of hydrogen-bond donors (Lipinski definition) is 0. The number of benzene rings is 1. The van der Waals surface area contributed by atoms with Gasteiger partial charge >= 0.3 is 0 Å². The Labute approximate surface area is 105 Å². The quantitative estimate of drug-likeness (QED) is 0.835. The van der Waals surface area contributed by atoms with E-state index in [9.17, 15) is 4.39 Å². The van der Waals surface area contributed by atoms with Crippen molar-refractivity contribution in [2.45, 2.75) is 33.3 Å². The summed E-state index contributed by atoms with van der Waals surface area (Å²) in [5, 5.41) is 3.83. The van der Waals surface area contributed by atoms with Gasteiger partial charge in [-0.3, -0.25) is 0 Å². The molecule has 1 aromatic heterocycles. The molecule has 0 bridgehead atoms. The van der Waals surface area contributed by atoms with E-state index >= 15 is 0 Å². The Balaban J connectivity index is 2.04. The summed E-state index contributed by atoms with van der Waals surface area (Å²) >= 11 is 0. The highest BCUT2D eigenvalue weighted by Gasteiger charge is 2.10. The van der Waals surface area contributed by atoms with Crippen molar-refractivity contribution in [3.05, 3.63) is 41.3 Å². The molecule has 1 aromatic carbocycles. The summed E-state index contributed by atoms with van der Waals surface area (Å²) in [6.07, 6.45) is 0. The molecule has 0 N–H and O–H groups in total. The van der Waals surface area contributed by atoms with Crippen LogP contribution in [0.15, 0.2) is 22.7 Å². The van der Waals surface area contributed by atoms with E-state index in [4.69, 9.17) is 9.26 Å². The van der Waals surface area contributed by atoms with E-state index in [0.717, 1.165) is 5.56 Å². The Morgan fingerprint density at radius 2 is 2.17 bits per heavy atom. The van der Waals surface area contributed by atoms with E-state index in [2.05, 4.69) is 10.1 Å². The summed E-state index contributed by atoms with van der Waals surface area (Å²) in [5.41, 5.74) is 0.861. The predicted molar refractivity (Wildman–Crippen MR) is 63.9 cm³/mol. The Bertz CT molecular complexity index is 538. The molecule has 0 aliphatic heterocycles. The van der Waals surface area contributed by atoms with Gasteiger partial charge in [0.2, 0.25) is 0 Å². The molecular formula is C13H15FN2O2. The van der Waals surface area contributed by atoms with Crippen LogP contribution in [0, 0.1) is 12.7 Å². The van der Waals surface area contributed by atoms with Gasteiger partial charge in [0, 0.05) is 12.0 Å². The molecule has 1 heterocycles. The third-order valence-electron chi connectivity index (χ3n) is 2.50.